The van der Waals surface area contributed by atoms with Crippen LogP contribution in [0.5, 0.6) is 11.5 Å². The molecule has 6 nitrogen and oxygen atoms in total. The second-order valence-corrected chi connectivity index (χ2v) is 5.89. The van der Waals surface area contributed by atoms with Gasteiger partial charge < -0.3 is 14.5 Å². The van der Waals surface area contributed by atoms with E-state index in [0.29, 0.717) is 29.3 Å². The van der Waals surface area contributed by atoms with E-state index in [9.17, 15) is 4.79 Å². The summed E-state index contributed by atoms with van der Waals surface area (Å²) in [6.45, 7) is 0.572. The van der Waals surface area contributed by atoms with Crippen LogP contribution >= 0.6 is 0 Å². The van der Waals surface area contributed by atoms with E-state index in [4.69, 9.17) is 15.5 Å². The summed E-state index contributed by atoms with van der Waals surface area (Å²) in [5.74, 6) is 5.98. The Hall–Kier alpha value is -2.86. The molecule has 1 atom stereocenters. The maximum atomic E-state index is 13.1. The van der Waals surface area contributed by atoms with Gasteiger partial charge in [-0.25, -0.2) is 0 Å². The Kier molecular flexibility index (Phi) is 3.46. The number of hydrogen-bond donors (Lipinski definition) is 1. The van der Waals surface area contributed by atoms with Crippen LogP contribution in [0.2, 0.25) is 0 Å². The largest absolute Gasteiger partial charge is 0.493 e. The monoisotopic (exact) mass is 323 g/mol. The molecule has 0 saturated heterocycles. The molecule has 2 aromatic rings. The number of fused-ring (bicyclic) bond motifs is 3. The van der Waals surface area contributed by atoms with Gasteiger partial charge in [0.05, 0.1) is 24.4 Å². The molecule has 0 aliphatic carbocycles. The van der Waals surface area contributed by atoms with E-state index < -0.39 is 0 Å². The minimum atomic E-state index is -0.0659. The number of nitrogens with two attached hydrogens (primary N) is 1. The average molecular weight is 323 g/mol. The van der Waals surface area contributed by atoms with Gasteiger partial charge in [-0.2, -0.15) is 5.90 Å². The quantitative estimate of drug-likeness (QED) is 0.860. The molecule has 2 aliphatic rings. The molecule has 0 bridgehead atoms. The molecule has 2 N–H and O–H groups in total. The summed E-state index contributed by atoms with van der Waals surface area (Å²) in [6.07, 6.45) is 2.59. The lowest BCUT2D eigenvalue weighted by Gasteiger charge is -2.34. The summed E-state index contributed by atoms with van der Waals surface area (Å²) in [6, 6.07) is 11.4. The van der Waals surface area contributed by atoms with Crippen molar-refractivity contribution in [3.8, 4) is 11.5 Å². The molecular weight excluding hydrogens is 306 g/mol. The number of aliphatic imine (C=N–C) groups is 1. The molecular formula is C18H17N3O3. The SMILES string of the molecule is COc1cc2c(cc1ON)N=C[C@@H]1Cc3ccccc3CN1C2=O. The topological polar surface area (TPSA) is 77.2 Å². The van der Waals surface area contributed by atoms with E-state index in [1.54, 1.807) is 12.1 Å². The highest BCUT2D eigenvalue weighted by molar-refractivity contribution is 6.03. The summed E-state index contributed by atoms with van der Waals surface area (Å²) < 4.78 is 5.26. The first-order chi connectivity index (χ1) is 11.7. The van der Waals surface area contributed by atoms with Gasteiger partial charge in [0.1, 0.15) is 0 Å². The standard InChI is InChI=1S/C18H17N3O3/c1-23-16-7-14-15(8-17(16)24-19)20-9-13-6-11-4-2-3-5-12(11)10-21(13)18(14)22/h2-5,7-9,13H,6,10,19H2,1H3/t13-/m0/s1. The van der Waals surface area contributed by atoms with Crippen molar-refractivity contribution in [3.05, 3.63) is 53.1 Å². The van der Waals surface area contributed by atoms with E-state index in [2.05, 4.69) is 17.1 Å². The Morgan fingerprint density at radius 2 is 2.00 bits per heavy atom. The van der Waals surface area contributed by atoms with Gasteiger partial charge in [-0.1, -0.05) is 24.3 Å². The van der Waals surface area contributed by atoms with Crippen molar-refractivity contribution < 1.29 is 14.4 Å². The minimum absolute atomic E-state index is 0.0620. The predicted octanol–water partition coefficient (Wildman–Crippen LogP) is 2.23. The predicted molar refractivity (Wildman–Crippen MR) is 89.8 cm³/mol. The molecule has 0 saturated carbocycles. The van der Waals surface area contributed by atoms with Crippen LogP contribution in [0, 0.1) is 0 Å². The van der Waals surface area contributed by atoms with Crippen molar-refractivity contribution in [2.75, 3.05) is 7.11 Å². The molecule has 2 aliphatic heterocycles. The lowest BCUT2D eigenvalue weighted by Crippen LogP contribution is -2.44. The zero-order valence-corrected chi connectivity index (χ0v) is 13.2. The number of nitrogens with zero attached hydrogens (tertiary/aromatic N) is 2. The second-order valence-electron chi connectivity index (χ2n) is 5.89. The van der Waals surface area contributed by atoms with Crippen molar-refractivity contribution in [2.45, 2.75) is 19.0 Å². The highest BCUT2D eigenvalue weighted by Crippen LogP contribution is 2.37. The summed E-state index contributed by atoms with van der Waals surface area (Å²) in [5, 5.41) is 0. The van der Waals surface area contributed by atoms with Gasteiger partial charge in [0, 0.05) is 18.8 Å². The number of carbonyl (C=O) groups excluding carboxylic acids is 1. The van der Waals surface area contributed by atoms with Crippen molar-refractivity contribution in [2.24, 2.45) is 10.9 Å². The Labute approximate surface area is 139 Å². The molecule has 0 radical (unpaired) electrons. The lowest BCUT2D eigenvalue weighted by molar-refractivity contribution is 0.0703. The molecule has 24 heavy (non-hydrogen) atoms. The fourth-order valence-corrected chi connectivity index (χ4v) is 3.30. The number of methoxy groups -OCH3 is 1. The van der Waals surface area contributed by atoms with Crippen molar-refractivity contribution in [1.82, 2.24) is 4.90 Å². The Morgan fingerprint density at radius 1 is 1.21 bits per heavy atom. The number of rotatable bonds is 2. The summed E-state index contributed by atoms with van der Waals surface area (Å²) >= 11 is 0. The van der Waals surface area contributed by atoms with Crippen LogP contribution in [0.15, 0.2) is 41.4 Å². The number of amides is 1. The van der Waals surface area contributed by atoms with E-state index >= 15 is 0 Å². The molecule has 2 aromatic carbocycles. The third-order valence-electron chi connectivity index (χ3n) is 4.57. The third-order valence-corrected chi connectivity index (χ3v) is 4.57. The van der Waals surface area contributed by atoms with E-state index in [0.717, 1.165) is 6.42 Å². The normalized spacial score (nSPS) is 18.3. The van der Waals surface area contributed by atoms with Crippen LogP contribution in [-0.2, 0) is 13.0 Å². The fourth-order valence-electron chi connectivity index (χ4n) is 3.30. The van der Waals surface area contributed by atoms with Crippen LogP contribution in [0.4, 0.5) is 5.69 Å². The van der Waals surface area contributed by atoms with Gasteiger partial charge in [-0.3, -0.25) is 9.79 Å². The van der Waals surface area contributed by atoms with Crippen LogP contribution in [0.3, 0.4) is 0 Å². The van der Waals surface area contributed by atoms with Crippen molar-refractivity contribution >= 4 is 17.8 Å². The van der Waals surface area contributed by atoms with Crippen LogP contribution in [-0.4, -0.2) is 30.2 Å². The van der Waals surface area contributed by atoms with Gasteiger partial charge in [-0.15, -0.1) is 0 Å². The molecule has 1 amide bonds. The van der Waals surface area contributed by atoms with Gasteiger partial charge in [0.15, 0.2) is 11.5 Å². The molecule has 0 unspecified atom stereocenters. The second kappa shape index (κ2) is 5.65. The van der Waals surface area contributed by atoms with E-state index in [1.807, 2.05) is 23.2 Å². The number of hydrogen-bond acceptors (Lipinski definition) is 5. The highest BCUT2D eigenvalue weighted by atomic mass is 16.6. The first kappa shape index (κ1) is 14.7. The lowest BCUT2D eigenvalue weighted by atomic mass is 9.94. The third kappa shape index (κ3) is 2.23. The smallest absolute Gasteiger partial charge is 0.257 e. The molecule has 0 fully saturated rings. The first-order valence-corrected chi connectivity index (χ1v) is 7.72. The number of benzene rings is 2. The zero-order valence-electron chi connectivity index (χ0n) is 13.2. The summed E-state index contributed by atoms with van der Waals surface area (Å²) in [5.41, 5.74) is 3.46. The van der Waals surface area contributed by atoms with Crippen molar-refractivity contribution in [3.63, 3.8) is 0 Å². The maximum Gasteiger partial charge on any atom is 0.257 e. The van der Waals surface area contributed by atoms with Crippen molar-refractivity contribution in [1.29, 1.82) is 0 Å². The molecule has 2 heterocycles. The van der Waals surface area contributed by atoms with Gasteiger partial charge in [0.25, 0.3) is 5.91 Å². The number of carbonyl (C=O) groups is 1. The highest BCUT2D eigenvalue weighted by Gasteiger charge is 2.33. The summed E-state index contributed by atoms with van der Waals surface area (Å²) in [4.78, 5) is 24.2. The maximum absolute atomic E-state index is 13.1. The van der Waals surface area contributed by atoms with Gasteiger partial charge in [0.2, 0.25) is 0 Å². The number of ether oxygens (including phenoxy) is 1. The van der Waals surface area contributed by atoms with Crippen LogP contribution in [0.25, 0.3) is 0 Å². The summed E-state index contributed by atoms with van der Waals surface area (Å²) in [7, 11) is 1.51. The Balaban J connectivity index is 1.79. The Morgan fingerprint density at radius 3 is 2.75 bits per heavy atom. The minimum Gasteiger partial charge on any atom is -0.493 e. The molecule has 6 heteroatoms. The first-order valence-electron chi connectivity index (χ1n) is 7.72. The average Bonchev–Trinajstić information content (AvgIpc) is 2.76. The van der Waals surface area contributed by atoms with Gasteiger partial charge >= 0.3 is 0 Å². The molecule has 122 valence electrons. The zero-order chi connectivity index (χ0) is 16.7. The van der Waals surface area contributed by atoms with Crippen LogP contribution in [0.1, 0.15) is 21.5 Å². The van der Waals surface area contributed by atoms with E-state index in [-0.39, 0.29) is 11.9 Å². The molecule has 0 spiro atoms. The molecule has 0 aromatic heterocycles. The van der Waals surface area contributed by atoms with Gasteiger partial charge in [-0.05, 0) is 23.6 Å². The Bertz CT molecular complexity index is 847. The van der Waals surface area contributed by atoms with E-state index in [1.165, 1.54) is 18.2 Å². The van der Waals surface area contributed by atoms with Crippen LogP contribution < -0.4 is 15.5 Å². The molecule has 4 rings (SSSR count). The fraction of sp³-hybridized carbons (Fsp3) is 0.222.